The van der Waals surface area contributed by atoms with Crippen molar-refractivity contribution in [2.24, 2.45) is 0 Å². The lowest BCUT2D eigenvalue weighted by atomic mass is 9.95. The zero-order valence-electron chi connectivity index (χ0n) is 43.7. The summed E-state index contributed by atoms with van der Waals surface area (Å²) in [6.45, 7) is 0. The Bertz CT molecular complexity index is 3640. The smallest absolute Gasteiger partial charge is 0.0645 e. The van der Waals surface area contributed by atoms with Crippen LogP contribution in [-0.2, 0) is 0 Å². The van der Waals surface area contributed by atoms with Crippen LogP contribution in [0.1, 0.15) is 16.4 Å². The van der Waals surface area contributed by atoms with Crippen molar-refractivity contribution in [2.45, 2.75) is 0 Å². The second-order valence-corrected chi connectivity index (χ2v) is 14.0. The summed E-state index contributed by atoms with van der Waals surface area (Å²) in [7, 11) is 0. The lowest BCUT2D eigenvalue weighted by molar-refractivity contribution is 1.28. The highest BCUT2D eigenvalue weighted by Gasteiger charge is 2.15. The summed E-state index contributed by atoms with van der Waals surface area (Å²) in [5.74, 6) is 0. The van der Waals surface area contributed by atoms with Gasteiger partial charge in [-0.05, 0) is 126 Å². The molecule has 1 heteroatoms. The Morgan fingerprint density at radius 1 is 0.254 bits per heavy atom. The second kappa shape index (κ2) is 16.0. The van der Waals surface area contributed by atoms with Gasteiger partial charge >= 0.3 is 0 Å². The van der Waals surface area contributed by atoms with Crippen LogP contribution in [0.2, 0.25) is 0 Å². The van der Waals surface area contributed by atoms with E-state index < -0.39 is 89.6 Å². The van der Waals surface area contributed by atoms with Gasteiger partial charge < -0.3 is 4.90 Å². The Hall–Kier alpha value is -7.74. The van der Waals surface area contributed by atoms with Crippen LogP contribution in [0, 0.1) is 0 Å². The second-order valence-electron chi connectivity index (χ2n) is 14.0. The van der Waals surface area contributed by atoms with E-state index in [1.165, 1.54) is 0 Å². The SMILES string of the molecule is [2H]c1c([2H])c(N(c2c([2H])c([2H])c(-c3cccc(-c4ccccc4)c3)c([2H])c2[2H])c2c([2H])c([2H])c(-c3cccc(-c4cccc5ccccc45)c3)c([2H])c2[2H])c([2H])c([2H])c1-c1ccc(-c2ccccc2)cc1. The van der Waals surface area contributed by atoms with Crippen molar-refractivity contribution in [3.63, 3.8) is 0 Å². The zero-order valence-corrected chi connectivity index (χ0v) is 31.7. The van der Waals surface area contributed by atoms with E-state index in [1.54, 1.807) is 48.5 Å². The number of hydrogen-bond acceptors (Lipinski definition) is 1. The van der Waals surface area contributed by atoms with Crippen molar-refractivity contribution in [1.29, 1.82) is 0 Å². The summed E-state index contributed by atoms with van der Waals surface area (Å²) < 4.78 is 114. The summed E-state index contributed by atoms with van der Waals surface area (Å²) in [5, 5.41) is 1.98. The molecule has 0 atom stereocenters. The zero-order chi connectivity index (χ0) is 49.8. The summed E-state index contributed by atoms with van der Waals surface area (Å²) >= 11 is 0. The van der Waals surface area contributed by atoms with E-state index in [1.807, 2.05) is 127 Å². The molecular formula is C58H41N. The highest BCUT2D eigenvalue weighted by atomic mass is 15.1. The molecule has 0 unspecified atom stereocenters. The number of nitrogens with zero attached hydrogens (tertiary/aromatic N) is 1. The lowest BCUT2D eigenvalue weighted by Crippen LogP contribution is -2.09. The van der Waals surface area contributed by atoms with E-state index in [0.29, 0.717) is 16.7 Å². The van der Waals surface area contributed by atoms with Crippen molar-refractivity contribution < 1.29 is 16.4 Å². The van der Waals surface area contributed by atoms with Crippen LogP contribution in [0.4, 0.5) is 17.1 Å². The maximum absolute atomic E-state index is 9.66. The quantitative estimate of drug-likeness (QED) is 0.142. The molecule has 0 amide bonds. The van der Waals surface area contributed by atoms with Gasteiger partial charge in [-0.3, -0.25) is 0 Å². The van der Waals surface area contributed by atoms with Crippen molar-refractivity contribution in [3.8, 4) is 66.8 Å². The Morgan fingerprint density at radius 3 is 1.14 bits per heavy atom. The minimum atomic E-state index is -0.675. The molecule has 0 aliphatic rings. The molecule has 0 bridgehead atoms. The third-order valence-corrected chi connectivity index (χ3v) is 10.3. The predicted octanol–water partition coefficient (Wildman–Crippen LogP) is 16.3. The van der Waals surface area contributed by atoms with Crippen molar-refractivity contribution >= 4 is 27.8 Å². The molecule has 10 aromatic carbocycles. The first-order valence-electron chi connectivity index (χ1n) is 25.3. The van der Waals surface area contributed by atoms with Gasteiger partial charge in [0.15, 0.2) is 0 Å². The molecule has 278 valence electrons. The van der Waals surface area contributed by atoms with Crippen LogP contribution < -0.4 is 4.90 Å². The maximum Gasteiger partial charge on any atom is 0.0645 e. The standard InChI is InChI=1S/C58H41N/c1-3-12-42(13-4-1)44-24-26-45(27-25-44)46-28-34-54(35-29-46)59(55-36-30-47(31-37-55)51-19-9-18-50(40-51)43-14-5-2-6-15-43)56-38-32-48(33-39-56)52-20-10-21-53(41-52)58-23-11-17-49-16-7-8-22-57(49)58/h1-41H/i28D,29D,30D,31D,32D,33D,34D,35D,36D,37D,38D,39D. The summed E-state index contributed by atoms with van der Waals surface area (Å²) in [4.78, 5) is 0.852. The van der Waals surface area contributed by atoms with Gasteiger partial charge in [-0.2, -0.15) is 0 Å². The number of rotatable bonds is 9. The molecule has 1 nitrogen and oxygen atoms in total. The fourth-order valence-corrected chi connectivity index (χ4v) is 7.29. The van der Waals surface area contributed by atoms with E-state index in [9.17, 15) is 16.4 Å². The Balaban J connectivity index is 1.20. The van der Waals surface area contributed by atoms with E-state index in [-0.39, 0.29) is 16.7 Å². The third kappa shape index (κ3) is 7.46. The Kier molecular flexibility index (Phi) is 6.73. The van der Waals surface area contributed by atoms with Crippen molar-refractivity contribution in [2.75, 3.05) is 4.90 Å². The molecule has 0 saturated carbocycles. The lowest BCUT2D eigenvalue weighted by Gasteiger charge is -2.26. The van der Waals surface area contributed by atoms with Crippen LogP contribution in [0.15, 0.2) is 248 Å². The molecule has 0 radical (unpaired) electrons. The van der Waals surface area contributed by atoms with Gasteiger partial charge in [-0.1, -0.05) is 200 Å². The Labute approximate surface area is 363 Å². The normalized spacial score (nSPS) is 13.9. The first kappa shape index (κ1) is 24.8. The summed E-state index contributed by atoms with van der Waals surface area (Å²) in [5.41, 5.74) is 4.22. The van der Waals surface area contributed by atoms with Crippen LogP contribution in [0.3, 0.4) is 0 Å². The first-order valence-corrected chi connectivity index (χ1v) is 19.3. The average molecular weight is 764 g/mol. The Morgan fingerprint density at radius 2 is 0.593 bits per heavy atom. The van der Waals surface area contributed by atoms with E-state index in [2.05, 4.69) is 0 Å². The number of benzene rings is 10. The number of anilines is 3. The summed E-state index contributed by atoms with van der Waals surface area (Å²) in [6, 6.07) is 46.8. The number of fused-ring (bicyclic) bond motifs is 1. The van der Waals surface area contributed by atoms with Gasteiger partial charge in [-0.15, -0.1) is 0 Å². The van der Waals surface area contributed by atoms with E-state index >= 15 is 0 Å². The molecule has 0 aliphatic heterocycles. The monoisotopic (exact) mass is 763 g/mol. The fourth-order valence-electron chi connectivity index (χ4n) is 7.29. The molecule has 10 rings (SSSR count). The molecule has 0 fully saturated rings. The molecule has 0 heterocycles. The van der Waals surface area contributed by atoms with Crippen LogP contribution in [0.5, 0.6) is 0 Å². The molecule has 0 spiro atoms. The van der Waals surface area contributed by atoms with Crippen LogP contribution >= 0.6 is 0 Å². The van der Waals surface area contributed by atoms with Gasteiger partial charge in [0.25, 0.3) is 0 Å². The van der Waals surface area contributed by atoms with Gasteiger partial charge in [0, 0.05) is 17.1 Å². The molecule has 0 saturated heterocycles. The van der Waals surface area contributed by atoms with Gasteiger partial charge in [-0.25, -0.2) is 0 Å². The van der Waals surface area contributed by atoms with Gasteiger partial charge in [0.2, 0.25) is 0 Å². The number of hydrogen-bond donors (Lipinski definition) is 0. The maximum atomic E-state index is 9.66. The minimum Gasteiger partial charge on any atom is -0.311 e. The molecular weight excluding hydrogens is 711 g/mol. The largest absolute Gasteiger partial charge is 0.311 e. The van der Waals surface area contributed by atoms with Crippen molar-refractivity contribution in [3.05, 3.63) is 248 Å². The minimum absolute atomic E-state index is 0.0579. The molecule has 0 N–H and O–H groups in total. The topological polar surface area (TPSA) is 3.24 Å². The summed E-state index contributed by atoms with van der Waals surface area (Å²) in [6.07, 6.45) is 0. The van der Waals surface area contributed by atoms with Gasteiger partial charge in [0.05, 0.1) is 16.4 Å². The molecule has 0 aliphatic carbocycles. The average Bonchev–Trinajstić information content (AvgIpc) is 3.40. The first-order chi connectivity index (χ1) is 34.3. The van der Waals surface area contributed by atoms with Crippen LogP contribution in [-0.4, -0.2) is 0 Å². The van der Waals surface area contributed by atoms with E-state index in [4.69, 9.17) is 0 Å². The van der Waals surface area contributed by atoms with E-state index in [0.717, 1.165) is 49.1 Å². The molecule has 10 aromatic rings. The highest BCUT2D eigenvalue weighted by Crippen LogP contribution is 2.39. The fraction of sp³-hybridized carbons (Fsp3) is 0. The highest BCUT2D eigenvalue weighted by molar-refractivity contribution is 5.97. The van der Waals surface area contributed by atoms with Crippen LogP contribution in [0.25, 0.3) is 77.5 Å². The molecule has 0 aromatic heterocycles. The third-order valence-electron chi connectivity index (χ3n) is 10.3. The predicted molar refractivity (Wildman–Crippen MR) is 251 cm³/mol. The van der Waals surface area contributed by atoms with Gasteiger partial charge in [0.1, 0.15) is 0 Å². The van der Waals surface area contributed by atoms with Crippen molar-refractivity contribution in [1.82, 2.24) is 0 Å². The molecule has 59 heavy (non-hydrogen) atoms.